The Kier molecular flexibility index (Phi) is 10.8. The normalized spacial score (nSPS) is 22.8. The second-order valence-electron chi connectivity index (χ2n) is 14.6. The molecule has 3 saturated heterocycles. The van der Waals surface area contributed by atoms with Gasteiger partial charge in [0, 0.05) is 56.7 Å². The molecule has 0 bridgehead atoms. The van der Waals surface area contributed by atoms with Crippen molar-refractivity contribution in [2.75, 3.05) is 32.4 Å². The van der Waals surface area contributed by atoms with Gasteiger partial charge in [0.2, 0.25) is 0 Å². The standard InChI is InChI=1S/C35H48N4O5S.ClH/c1-24(2)39-33(42)38(23-25-12-14-27(15-13-25)45(6,43)44)32(41)35(39)16-18-37(19-17-35)31(30(40)20-34(3,4)5)29-22-36-21-28(29)26-10-8-7-9-11-26;/h7-15,24,28-29,31,36H,16-23H2,1-6H3;1H/t28-,29-,31?;/m1./s1. The number of likely N-dealkylation sites (tertiary alicyclic amines) is 1. The van der Waals surface area contributed by atoms with Gasteiger partial charge in [0.25, 0.3) is 5.91 Å². The number of nitrogens with zero attached hydrogens (tertiary/aromatic N) is 3. The lowest BCUT2D eigenvalue weighted by atomic mass is 9.76. The molecule has 2 aromatic rings. The minimum atomic E-state index is -3.35. The molecular weight excluding hydrogens is 624 g/mol. The minimum absolute atomic E-state index is 0. The van der Waals surface area contributed by atoms with Crippen LogP contribution in [0.2, 0.25) is 0 Å². The highest BCUT2D eigenvalue weighted by Gasteiger charge is 2.59. The number of sulfone groups is 1. The number of carbonyl (C=O) groups excluding carboxylic acids is 3. The largest absolute Gasteiger partial charge is 0.328 e. The summed E-state index contributed by atoms with van der Waals surface area (Å²) in [5.41, 5.74) is 0.801. The summed E-state index contributed by atoms with van der Waals surface area (Å²) in [4.78, 5) is 47.7. The summed E-state index contributed by atoms with van der Waals surface area (Å²) in [5.74, 6) is 0.337. The maximum atomic E-state index is 14.2. The van der Waals surface area contributed by atoms with Crippen LogP contribution in [-0.2, 0) is 26.0 Å². The smallest absolute Gasteiger partial charge is 0.316 e. The molecule has 0 aliphatic carbocycles. The van der Waals surface area contributed by atoms with Gasteiger partial charge in [0.1, 0.15) is 5.54 Å². The van der Waals surface area contributed by atoms with Crippen molar-refractivity contribution in [3.05, 3.63) is 65.7 Å². The molecule has 1 N–H and O–H groups in total. The second-order valence-corrected chi connectivity index (χ2v) is 16.6. The van der Waals surface area contributed by atoms with E-state index in [9.17, 15) is 22.8 Å². The summed E-state index contributed by atoms with van der Waals surface area (Å²) in [6, 6.07) is 16.0. The maximum absolute atomic E-state index is 14.2. The SMILES string of the molecule is CC(C)N1C(=O)N(Cc2ccc(S(C)(=O)=O)cc2)C(=O)C12CCN(C(C(=O)CC(C)(C)C)[C@@H]1CNC[C@@H]1c1ccccc1)CC2.Cl. The van der Waals surface area contributed by atoms with E-state index in [-0.39, 0.29) is 70.9 Å². The van der Waals surface area contributed by atoms with Crippen LogP contribution < -0.4 is 5.32 Å². The molecule has 5 rings (SSSR count). The van der Waals surface area contributed by atoms with Gasteiger partial charge < -0.3 is 10.2 Å². The Morgan fingerprint density at radius 2 is 1.59 bits per heavy atom. The predicted molar refractivity (Wildman–Crippen MR) is 182 cm³/mol. The van der Waals surface area contributed by atoms with E-state index in [0.29, 0.717) is 37.9 Å². The maximum Gasteiger partial charge on any atom is 0.328 e. The van der Waals surface area contributed by atoms with Crippen molar-refractivity contribution >= 4 is 40.0 Å². The number of ketones is 1. The molecule has 3 heterocycles. The quantitative estimate of drug-likeness (QED) is 0.378. The van der Waals surface area contributed by atoms with E-state index in [1.165, 1.54) is 22.6 Å². The molecule has 2 aromatic carbocycles. The van der Waals surface area contributed by atoms with Crippen LogP contribution in [0.3, 0.4) is 0 Å². The van der Waals surface area contributed by atoms with Gasteiger partial charge in [-0.05, 0) is 55.4 Å². The number of imide groups is 1. The molecule has 11 heteroatoms. The van der Waals surface area contributed by atoms with Crippen molar-refractivity contribution in [1.82, 2.24) is 20.0 Å². The number of benzene rings is 2. The van der Waals surface area contributed by atoms with Crippen molar-refractivity contribution < 1.29 is 22.8 Å². The van der Waals surface area contributed by atoms with Gasteiger partial charge in [0.15, 0.2) is 15.6 Å². The van der Waals surface area contributed by atoms with Gasteiger partial charge in [-0.1, -0.05) is 63.2 Å². The molecular formula is C35H49ClN4O5S. The number of urea groups is 1. The van der Waals surface area contributed by atoms with Gasteiger partial charge in [-0.3, -0.25) is 19.4 Å². The fourth-order valence-electron chi connectivity index (χ4n) is 7.70. The predicted octanol–water partition coefficient (Wildman–Crippen LogP) is 4.90. The van der Waals surface area contributed by atoms with Gasteiger partial charge in [-0.25, -0.2) is 13.2 Å². The van der Waals surface area contributed by atoms with E-state index in [1.807, 2.05) is 19.9 Å². The molecule has 46 heavy (non-hydrogen) atoms. The number of carbonyl (C=O) groups is 3. The number of rotatable bonds is 9. The first-order chi connectivity index (χ1) is 21.1. The zero-order valence-corrected chi connectivity index (χ0v) is 29.5. The molecule has 0 aromatic heterocycles. The molecule has 3 aliphatic rings. The van der Waals surface area contributed by atoms with Crippen molar-refractivity contribution in [2.45, 2.75) is 88.9 Å². The summed E-state index contributed by atoms with van der Waals surface area (Å²) in [5, 5.41) is 3.56. The third-order valence-electron chi connectivity index (χ3n) is 9.70. The Morgan fingerprint density at radius 1 is 0.978 bits per heavy atom. The van der Waals surface area contributed by atoms with Crippen molar-refractivity contribution in [1.29, 1.82) is 0 Å². The number of amides is 3. The van der Waals surface area contributed by atoms with Crippen LogP contribution in [0.5, 0.6) is 0 Å². The number of piperidine rings is 1. The van der Waals surface area contributed by atoms with Crippen LogP contribution in [-0.4, -0.2) is 90.9 Å². The Morgan fingerprint density at radius 3 is 2.13 bits per heavy atom. The lowest BCUT2D eigenvalue weighted by molar-refractivity contribution is -0.138. The second kappa shape index (κ2) is 13.7. The highest BCUT2D eigenvalue weighted by Crippen LogP contribution is 2.42. The number of hydrogen-bond donors (Lipinski definition) is 1. The van der Waals surface area contributed by atoms with Crippen LogP contribution in [0.15, 0.2) is 59.5 Å². The van der Waals surface area contributed by atoms with Crippen LogP contribution in [0.4, 0.5) is 4.79 Å². The lowest BCUT2D eigenvalue weighted by Crippen LogP contribution is -2.61. The van der Waals surface area contributed by atoms with E-state index in [4.69, 9.17) is 0 Å². The Labute approximate surface area is 280 Å². The Balaban J connectivity index is 0.00000480. The first kappa shape index (κ1) is 36.1. The Bertz CT molecular complexity index is 1520. The molecule has 1 spiro atoms. The average Bonchev–Trinajstić information content (AvgIpc) is 3.51. The van der Waals surface area contributed by atoms with Gasteiger partial charge in [-0.15, -0.1) is 12.4 Å². The Hall–Kier alpha value is -2.79. The number of nitrogens with one attached hydrogen (secondary N) is 1. The van der Waals surface area contributed by atoms with E-state index in [0.717, 1.165) is 19.3 Å². The summed E-state index contributed by atoms with van der Waals surface area (Å²) >= 11 is 0. The van der Waals surface area contributed by atoms with Gasteiger partial charge in [-0.2, -0.15) is 0 Å². The van der Waals surface area contributed by atoms with E-state index in [2.05, 4.69) is 55.3 Å². The molecule has 3 amide bonds. The van der Waals surface area contributed by atoms with Crippen molar-refractivity contribution in [2.24, 2.45) is 11.3 Å². The van der Waals surface area contributed by atoms with Crippen LogP contribution in [0.25, 0.3) is 0 Å². The third-order valence-corrected chi connectivity index (χ3v) is 10.8. The molecule has 9 nitrogen and oxygen atoms in total. The lowest BCUT2D eigenvalue weighted by Gasteiger charge is -2.47. The van der Waals surface area contributed by atoms with E-state index < -0.39 is 15.4 Å². The molecule has 0 saturated carbocycles. The van der Waals surface area contributed by atoms with E-state index >= 15 is 0 Å². The van der Waals surface area contributed by atoms with Crippen LogP contribution in [0.1, 0.15) is 70.9 Å². The average molecular weight is 673 g/mol. The van der Waals surface area contributed by atoms with Gasteiger partial charge in [0.05, 0.1) is 17.5 Å². The number of halogens is 1. The minimum Gasteiger partial charge on any atom is -0.316 e. The number of Topliss-reactive ketones (excluding diaryl/α,β-unsaturated/α-hetero) is 1. The summed E-state index contributed by atoms with van der Waals surface area (Å²) in [6.45, 7) is 12.9. The molecule has 1 unspecified atom stereocenters. The first-order valence-electron chi connectivity index (χ1n) is 16.1. The summed E-state index contributed by atoms with van der Waals surface area (Å²) in [7, 11) is -3.35. The van der Waals surface area contributed by atoms with Crippen LogP contribution >= 0.6 is 12.4 Å². The van der Waals surface area contributed by atoms with Crippen LogP contribution in [0, 0.1) is 11.3 Å². The zero-order chi connectivity index (χ0) is 32.7. The van der Waals surface area contributed by atoms with Crippen molar-refractivity contribution in [3.63, 3.8) is 0 Å². The highest BCUT2D eigenvalue weighted by atomic mass is 35.5. The fraction of sp³-hybridized carbons (Fsp3) is 0.571. The van der Waals surface area contributed by atoms with Crippen molar-refractivity contribution in [3.8, 4) is 0 Å². The molecule has 3 atom stereocenters. The first-order valence-corrected chi connectivity index (χ1v) is 18.0. The number of hydrogen-bond acceptors (Lipinski definition) is 7. The third kappa shape index (κ3) is 7.20. The molecule has 252 valence electrons. The van der Waals surface area contributed by atoms with Gasteiger partial charge >= 0.3 is 6.03 Å². The molecule has 0 radical (unpaired) electrons. The zero-order valence-electron chi connectivity index (χ0n) is 27.9. The fourth-order valence-corrected chi connectivity index (χ4v) is 8.33. The topological polar surface area (TPSA) is 107 Å². The summed E-state index contributed by atoms with van der Waals surface area (Å²) in [6.07, 6.45) is 2.53. The summed E-state index contributed by atoms with van der Waals surface area (Å²) < 4.78 is 23.8. The molecule has 3 aliphatic heterocycles. The molecule has 3 fully saturated rings. The highest BCUT2D eigenvalue weighted by molar-refractivity contribution is 7.90. The van der Waals surface area contributed by atoms with E-state index in [1.54, 1.807) is 17.0 Å². The monoisotopic (exact) mass is 672 g/mol.